The number of carbonyl (C=O) groups excluding carboxylic acids is 1. The van der Waals surface area contributed by atoms with Crippen LogP contribution in [0.1, 0.15) is 21.5 Å². The number of nitrogens with one attached hydrogen (secondary N) is 1. The minimum Gasteiger partial charge on any atom is -0.346 e. The minimum atomic E-state index is -0.422. The number of pyridine rings is 1. The van der Waals surface area contributed by atoms with Crippen LogP contribution >= 0.6 is 27.5 Å². The maximum absolute atomic E-state index is 12.9. The molecule has 0 aliphatic carbocycles. The third-order valence-electron chi connectivity index (χ3n) is 4.60. The Bertz CT molecular complexity index is 1100. The average molecular weight is 418 g/mol. The molecule has 4 nitrogen and oxygen atoms in total. The van der Waals surface area contributed by atoms with E-state index < -0.39 is 5.91 Å². The molecule has 2 aromatic carbocycles. The van der Waals surface area contributed by atoms with Gasteiger partial charge in [-0.05, 0) is 48.7 Å². The van der Waals surface area contributed by atoms with Gasteiger partial charge in [0.1, 0.15) is 5.56 Å². The average Bonchev–Trinajstić information content (AvgIpc) is 2.98. The largest absolute Gasteiger partial charge is 0.346 e. The molecule has 4 rings (SSSR count). The fourth-order valence-electron chi connectivity index (χ4n) is 3.29. The first-order valence-electron chi connectivity index (χ1n) is 7.88. The van der Waals surface area contributed by atoms with Gasteiger partial charge >= 0.3 is 0 Å². The second kappa shape index (κ2) is 6.00. The van der Waals surface area contributed by atoms with Gasteiger partial charge in [0.2, 0.25) is 5.43 Å². The second-order valence-electron chi connectivity index (χ2n) is 6.14. The highest BCUT2D eigenvalue weighted by Gasteiger charge is 2.21. The summed E-state index contributed by atoms with van der Waals surface area (Å²) in [7, 11) is 0. The third-order valence-corrected chi connectivity index (χ3v) is 5.46. The SMILES string of the molecule is Cc1c(Cl)cccc1NC(=O)c1cn2c3c(cc(Br)cc3c1=O)CC2. The molecule has 0 atom stereocenters. The zero-order valence-corrected chi connectivity index (χ0v) is 15.7. The second-order valence-corrected chi connectivity index (χ2v) is 7.47. The van der Waals surface area contributed by atoms with Crippen LogP contribution in [0.4, 0.5) is 5.69 Å². The summed E-state index contributed by atoms with van der Waals surface area (Å²) in [5.74, 6) is -0.422. The summed E-state index contributed by atoms with van der Waals surface area (Å²) >= 11 is 9.55. The zero-order chi connectivity index (χ0) is 17.7. The molecule has 0 unspecified atom stereocenters. The van der Waals surface area contributed by atoms with E-state index in [2.05, 4.69) is 21.2 Å². The van der Waals surface area contributed by atoms with Gasteiger partial charge in [-0.25, -0.2) is 0 Å². The van der Waals surface area contributed by atoms with Crippen LogP contribution in [0.2, 0.25) is 5.02 Å². The fraction of sp³-hybridized carbons (Fsp3) is 0.158. The molecule has 0 saturated heterocycles. The van der Waals surface area contributed by atoms with Crippen LogP contribution in [-0.2, 0) is 13.0 Å². The maximum atomic E-state index is 12.9. The van der Waals surface area contributed by atoms with Crippen LogP contribution < -0.4 is 10.7 Å². The predicted octanol–water partition coefficient (Wildman–Crippen LogP) is 4.53. The van der Waals surface area contributed by atoms with Gasteiger partial charge in [0, 0.05) is 33.3 Å². The summed E-state index contributed by atoms with van der Waals surface area (Å²) in [4.78, 5) is 25.6. The number of benzene rings is 2. The normalized spacial score (nSPS) is 12.6. The van der Waals surface area contributed by atoms with Gasteiger partial charge in [0.25, 0.3) is 5.91 Å². The van der Waals surface area contributed by atoms with Crippen LogP contribution in [0.3, 0.4) is 0 Å². The first-order chi connectivity index (χ1) is 12.0. The van der Waals surface area contributed by atoms with E-state index in [0.29, 0.717) is 16.1 Å². The van der Waals surface area contributed by atoms with Crippen LogP contribution in [-0.4, -0.2) is 10.5 Å². The topological polar surface area (TPSA) is 51.1 Å². The van der Waals surface area contributed by atoms with Crippen molar-refractivity contribution in [3.05, 3.63) is 72.9 Å². The van der Waals surface area contributed by atoms with E-state index >= 15 is 0 Å². The van der Waals surface area contributed by atoms with E-state index in [1.54, 1.807) is 30.5 Å². The van der Waals surface area contributed by atoms with Crippen LogP contribution in [0, 0.1) is 6.92 Å². The van der Waals surface area contributed by atoms with Gasteiger partial charge in [0.15, 0.2) is 0 Å². The van der Waals surface area contributed by atoms with Crippen molar-refractivity contribution in [2.75, 3.05) is 5.32 Å². The molecular formula is C19H14BrClN2O2. The van der Waals surface area contributed by atoms with E-state index in [-0.39, 0.29) is 11.0 Å². The Hall–Kier alpha value is -2.11. The van der Waals surface area contributed by atoms with Crippen molar-refractivity contribution in [3.8, 4) is 0 Å². The smallest absolute Gasteiger partial charge is 0.261 e. The van der Waals surface area contributed by atoms with E-state index in [1.165, 1.54) is 0 Å². The summed E-state index contributed by atoms with van der Waals surface area (Å²) in [5, 5.41) is 3.94. The van der Waals surface area contributed by atoms with Crippen LogP contribution in [0.25, 0.3) is 10.9 Å². The summed E-state index contributed by atoms with van der Waals surface area (Å²) in [6.45, 7) is 2.59. The number of hydrogen-bond acceptors (Lipinski definition) is 2. The maximum Gasteiger partial charge on any atom is 0.261 e. The lowest BCUT2D eigenvalue weighted by Gasteiger charge is -2.11. The van der Waals surface area contributed by atoms with Gasteiger partial charge < -0.3 is 9.88 Å². The first kappa shape index (κ1) is 16.4. The Labute approximate surface area is 157 Å². The van der Waals surface area contributed by atoms with Gasteiger partial charge in [-0.3, -0.25) is 9.59 Å². The third kappa shape index (κ3) is 2.68. The summed E-state index contributed by atoms with van der Waals surface area (Å²) < 4.78 is 2.84. The highest BCUT2D eigenvalue weighted by molar-refractivity contribution is 9.10. The molecule has 1 aliphatic heterocycles. The molecule has 3 aromatic rings. The van der Waals surface area contributed by atoms with Crippen molar-refractivity contribution in [3.63, 3.8) is 0 Å². The first-order valence-corrected chi connectivity index (χ1v) is 9.05. The van der Waals surface area contributed by atoms with Gasteiger partial charge in [-0.15, -0.1) is 0 Å². The number of aromatic nitrogens is 1. The highest BCUT2D eigenvalue weighted by Crippen LogP contribution is 2.28. The van der Waals surface area contributed by atoms with Gasteiger partial charge in [-0.2, -0.15) is 0 Å². The Kier molecular flexibility index (Phi) is 3.93. The molecule has 0 saturated carbocycles. The molecule has 1 aromatic heterocycles. The number of amides is 1. The Balaban J connectivity index is 1.83. The van der Waals surface area contributed by atoms with Crippen molar-refractivity contribution in [1.82, 2.24) is 4.57 Å². The van der Waals surface area contributed by atoms with Crippen molar-refractivity contribution in [1.29, 1.82) is 0 Å². The highest BCUT2D eigenvalue weighted by atomic mass is 79.9. The molecule has 1 amide bonds. The lowest BCUT2D eigenvalue weighted by molar-refractivity contribution is 0.102. The summed E-state index contributed by atoms with van der Waals surface area (Å²) in [6.07, 6.45) is 2.51. The molecule has 0 radical (unpaired) electrons. The Morgan fingerprint density at radius 2 is 2.12 bits per heavy atom. The van der Waals surface area contributed by atoms with E-state index in [4.69, 9.17) is 11.6 Å². The molecule has 0 bridgehead atoms. The van der Waals surface area contributed by atoms with Gasteiger partial charge in [-0.1, -0.05) is 33.6 Å². The zero-order valence-electron chi connectivity index (χ0n) is 13.4. The van der Waals surface area contributed by atoms with Crippen molar-refractivity contribution >= 4 is 50.0 Å². The number of nitrogens with zero attached hydrogens (tertiary/aromatic N) is 1. The van der Waals surface area contributed by atoms with Gasteiger partial charge in [0.05, 0.1) is 5.52 Å². The number of rotatable bonds is 2. The minimum absolute atomic E-state index is 0.137. The molecule has 0 fully saturated rings. The number of carbonyl (C=O) groups is 1. The summed E-state index contributed by atoms with van der Waals surface area (Å²) in [6, 6.07) is 9.11. The van der Waals surface area contributed by atoms with E-state index in [9.17, 15) is 9.59 Å². The predicted molar refractivity (Wildman–Crippen MR) is 104 cm³/mol. The Morgan fingerprint density at radius 3 is 2.92 bits per heavy atom. The monoisotopic (exact) mass is 416 g/mol. The standard InChI is InChI=1S/C19H14BrClN2O2/c1-10-15(21)3-2-4-16(10)22-19(25)14-9-23-6-5-11-7-12(20)8-13(17(11)23)18(14)24/h2-4,7-9H,5-6H2,1H3,(H,22,25). The molecule has 0 spiro atoms. The number of hydrogen-bond donors (Lipinski definition) is 1. The number of halogens is 2. The lowest BCUT2D eigenvalue weighted by atomic mass is 10.1. The Morgan fingerprint density at radius 1 is 1.32 bits per heavy atom. The molecular weight excluding hydrogens is 404 g/mol. The van der Waals surface area contributed by atoms with E-state index in [1.807, 2.05) is 17.6 Å². The van der Waals surface area contributed by atoms with Crippen molar-refractivity contribution in [2.24, 2.45) is 0 Å². The molecule has 2 heterocycles. The van der Waals surface area contributed by atoms with Crippen LogP contribution in [0.5, 0.6) is 0 Å². The van der Waals surface area contributed by atoms with Crippen LogP contribution in [0.15, 0.2) is 45.8 Å². The fourth-order valence-corrected chi connectivity index (χ4v) is 3.97. The quantitative estimate of drug-likeness (QED) is 0.666. The summed E-state index contributed by atoms with van der Waals surface area (Å²) in [5.41, 5.74) is 3.30. The molecule has 126 valence electrons. The molecule has 1 N–H and O–H groups in total. The molecule has 25 heavy (non-hydrogen) atoms. The van der Waals surface area contributed by atoms with E-state index in [0.717, 1.165) is 34.1 Å². The number of aryl methyl sites for hydroxylation is 2. The lowest BCUT2D eigenvalue weighted by Crippen LogP contribution is -2.23. The molecule has 6 heteroatoms. The van der Waals surface area contributed by atoms with Crippen molar-refractivity contribution < 1.29 is 4.79 Å². The number of anilines is 1. The molecule has 1 aliphatic rings. The van der Waals surface area contributed by atoms with Crippen molar-refractivity contribution in [2.45, 2.75) is 19.9 Å².